The highest BCUT2D eigenvalue weighted by Gasteiger charge is 2.38. The summed E-state index contributed by atoms with van der Waals surface area (Å²) in [4.78, 5) is 10.4. The minimum atomic E-state index is -0.680. The smallest absolute Gasteiger partial charge is 0.303 e. The first kappa shape index (κ1) is 21.4. The summed E-state index contributed by atoms with van der Waals surface area (Å²) in [7, 11) is 0. The maximum absolute atomic E-state index is 10.4. The third-order valence-electron chi connectivity index (χ3n) is 4.96. The molecule has 4 heteroatoms. The molecule has 1 aliphatic heterocycles. The molecule has 4 nitrogen and oxygen atoms in total. The number of carboxylic acids is 1. The predicted molar refractivity (Wildman–Crippen MR) is 97.2 cm³/mol. The molecule has 3 unspecified atom stereocenters. The van der Waals surface area contributed by atoms with Crippen LogP contribution in [0.1, 0.15) is 103 Å². The van der Waals surface area contributed by atoms with Gasteiger partial charge >= 0.3 is 5.97 Å². The van der Waals surface area contributed by atoms with E-state index in [1.54, 1.807) is 0 Å². The maximum atomic E-state index is 10.4. The lowest BCUT2D eigenvalue weighted by Gasteiger charge is -2.08. The van der Waals surface area contributed by atoms with Crippen molar-refractivity contribution in [3.8, 4) is 0 Å². The lowest BCUT2D eigenvalue weighted by Crippen LogP contribution is -2.11. The van der Waals surface area contributed by atoms with Gasteiger partial charge in [-0.2, -0.15) is 0 Å². The van der Waals surface area contributed by atoms with Crippen LogP contribution in [0.4, 0.5) is 0 Å². The van der Waals surface area contributed by atoms with Crippen LogP contribution in [-0.4, -0.2) is 34.5 Å². The van der Waals surface area contributed by atoms with E-state index in [1.165, 1.54) is 44.9 Å². The van der Waals surface area contributed by atoms with E-state index in [0.717, 1.165) is 44.9 Å². The van der Waals surface area contributed by atoms with Gasteiger partial charge in [0.15, 0.2) is 0 Å². The summed E-state index contributed by atoms with van der Waals surface area (Å²) in [6.45, 7) is 2.21. The molecule has 0 aromatic heterocycles. The zero-order valence-electron chi connectivity index (χ0n) is 15.5. The lowest BCUT2D eigenvalue weighted by molar-refractivity contribution is -0.137. The first-order valence-corrected chi connectivity index (χ1v) is 10.2. The van der Waals surface area contributed by atoms with Gasteiger partial charge in [-0.3, -0.25) is 4.79 Å². The molecule has 0 amide bonds. The molecule has 1 rings (SSSR count). The molecule has 0 aromatic carbocycles. The van der Waals surface area contributed by atoms with E-state index in [1.807, 2.05) is 0 Å². The Morgan fingerprint density at radius 2 is 1.54 bits per heavy atom. The number of hydrogen-bond donors (Lipinski definition) is 2. The topological polar surface area (TPSA) is 70.1 Å². The molecule has 142 valence electrons. The van der Waals surface area contributed by atoms with Gasteiger partial charge in [0.25, 0.3) is 0 Å². The normalized spacial score (nSPS) is 20.9. The van der Waals surface area contributed by atoms with Crippen LogP contribution in [0.25, 0.3) is 0 Å². The second-order valence-corrected chi connectivity index (χ2v) is 7.36. The highest BCUT2D eigenvalue weighted by Crippen LogP contribution is 2.32. The van der Waals surface area contributed by atoms with Crippen molar-refractivity contribution in [3.63, 3.8) is 0 Å². The number of unbranched alkanes of at least 4 members (excludes halogenated alkanes) is 9. The molecule has 1 fully saturated rings. The van der Waals surface area contributed by atoms with E-state index in [9.17, 15) is 9.90 Å². The summed E-state index contributed by atoms with van der Waals surface area (Å²) in [5, 5.41) is 18.6. The second-order valence-electron chi connectivity index (χ2n) is 7.36. The quantitative estimate of drug-likeness (QED) is 0.286. The third-order valence-corrected chi connectivity index (χ3v) is 4.96. The maximum Gasteiger partial charge on any atom is 0.303 e. The minimum absolute atomic E-state index is 0.178. The van der Waals surface area contributed by atoms with Gasteiger partial charge in [-0.25, -0.2) is 0 Å². The highest BCUT2D eigenvalue weighted by molar-refractivity contribution is 5.66. The Labute approximate surface area is 148 Å². The number of rotatable bonds is 17. The van der Waals surface area contributed by atoms with Gasteiger partial charge in [-0.15, -0.1) is 0 Å². The van der Waals surface area contributed by atoms with Crippen LogP contribution in [0.5, 0.6) is 0 Å². The van der Waals surface area contributed by atoms with E-state index < -0.39 is 5.97 Å². The Morgan fingerprint density at radius 3 is 2.21 bits per heavy atom. The van der Waals surface area contributed by atoms with Crippen LogP contribution in [0.15, 0.2) is 0 Å². The molecule has 0 aromatic rings. The zero-order valence-corrected chi connectivity index (χ0v) is 15.5. The van der Waals surface area contributed by atoms with Crippen LogP contribution >= 0.6 is 0 Å². The van der Waals surface area contributed by atoms with E-state index in [4.69, 9.17) is 9.84 Å². The average Bonchev–Trinajstić information content (AvgIpc) is 3.27. The summed E-state index contributed by atoms with van der Waals surface area (Å²) in [5.41, 5.74) is 0. The van der Waals surface area contributed by atoms with Crippen LogP contribution in [0.3, 0.4) is 0 Å². The Hall–Kier alpha value is -0.610. The van der Waals surface area contributed by atoms with Gasteiger partial charge in [0.1, 0.15) is 0 Å². The van der Waals surface area contributed by atoms with Gasteiger partial charge in [0.2, 0.25) is 0 Å². The largest absolute Gasteiger partial charge is 0.481 e. The van der Waals surface area contributed by atoms with Crippen molar-refractivity contribution < 1.29 is 19.7 Å². The third kappa shape index (κ3) is 11.9. The van der Waals surface area contributed by atoms with Crippen molar-refractivity contribution in [2.75, 3.05) is 0 Å². The first-order valence-electron chi connectivity index (χ1n) is 10.2. The molecule has 0 saturated carbocycles. The molecular weight excluding hydrogens is 304 g/mol. The second kappa shape index (κ2) is 13.7. The number of epoxide rings is 1. The van der Waals surface area contributed by atoms with Crippen molar-refractivity contribution in [1.29, 1.82) is 0 Å². The summed E-state index contributed by atoms with van der Waals surface area (Å²) in [6, 6.07) is 0. The van der Waals surface area contributed by atoms with Gasteiger partial charge in [-0.05, 0) is 19.3 Å². The lowest BCUT2D eigenvalue weighted by atomic mass is 10.0. The van der Waals surface area contributed by atoms with Gasteiger partial charge in [-0.1, -0.05) is 71.1 Å². The monoisotopic (exact) mass is 342 g/mol. The van der Waals surface area contributed by atoms with E-state index >= 15 is 0 Å². The number of aliphatic hydroxyl groups is 1. The number of aliphatic carboxylic acids is 1. The molecular formula is C20H38O4. The van der Waals surface area contributed by atoms with Gasteiger partial charge in [0.05, 0.1) is 18.3 Å². The summed E-state index contributed by atoms with van der Waals surface area (Å²) >= 11 is 0. The number of carboxylic acid groups (broad SMARTS) is 1. The SMILES string of the molecule is CCCCCCC(O)CC1OC1CCCCCCCCCC(=O)O. The molecule has 0 aliphatic carbocycles. The van der Waals surface area contributed by atoms with E-state index in [2.05, 4.69) is 6.92 Å². The first-order chi connectivity index (χ1) is 11.6. The molecule has 24 heavy (non-hydrogen) atoms. The predicted octanol–water partition coefficient (Wildman–Crippen LogP) is 5.07. The highest BCUT2D eigenvalue weighted by atomic mass is 16.6. The van der Waals surface area contributed by atoms with Crippen molar-refractivity contribution in [3.05, 3.63) is 0 Å². The Morgan fingerprint density at radius 1 is 0.917 bits per heavy atom. The summed E-state index contributed by atoms with van der Waals surface area (Å²) < 4.78 is 5.68. The fourth-order valence-electron chi connectivity index (χ4n) is 3.34. The number of hydrogen-bond acceptors (Lipinski definition) is 3. The van der Waals surface area contributed by atoms with Crippen LogP contribution < -0.4 is 0 Å². The van der Waals surface area contributed by atoms with Crippen molar-refractivity contribution in [1.82, 2.24) is 0 Å². The van der Waals surface area contributed by atoms with Crippen LogP contribution in [-0.2, 0) is 9.53 Å². The average molecular weight is 343 g/mol. The fourth-order valence-corrected chi connectivity index (χ4v) is 3.34. The Balaban J connectivity index is 1.82. The van der Waals surface area contributed by atoms with E-state index in [-0.39, 0.29) is 6.10 Å². The number of aliphatic hydroxyl groups excluding tert-OH is 1. The molecule has 0 spiro atoms. The molecule has 0 bridgehead atoms. The van der Waals surface area contributed by atoms with Crippen molar-refractivity contribution in [2.45, 2.75) is 122 Å². The van der Waals surface area contributed by atoms with Gasteiger partial charge in [0, 0.05) is 12.8 Å². The Bertz CT molecular complexity index is 319. The van der Waals surface area contributed by atoms with Crippen LogP contribution in [0.2, 0.25) is 0 Å². The van der Waals surface area contributed by atoms with Gasteiger partial charge < -0.3 is 14.9 Å². The van der Waals surface area contributed by atoms with E-state index in [0.29, 0.717) is 18.6 Å². The molecule has 3 atom stereocenters. The molecule has 1 saturated heterocycles. The standard InChI is InChI=1S/C20H38O4/c1-2-3-4-10-13-17(21)16-19-18(24-19)14-11-8-6-5-7-9-12-15-20(22)23/h17-19,21H,2-16H2,1H3,(H,22,23). The minimum Gasteiger partial charge on any atom is -0.481 e. The fraction of sp³-hybridized carbons (Fsp3) is 0.950. The zero-order chi connectivity index (χ0) is 17.6. The Kier molecular flexibility index (Phi) is 12.2. The van der Waals surface area contributed by atoms with Crippen molar-refractivity contribution >= 4 is 5.97 Å². The summed E-state index contributed by atoms with van der Waals surface area (Å²) in [5.74, 6) is -0.680. The summed E-state index contributed by atoms with van der Waals surface area (Å²) in [6.07, 6.45) is 16.5. The number of carbonyl (C=O) groups is 1. The van der Waals surface area contributed by atoms with Crippen LogP contribution in [0, 0.1) is 0 Å². The van der Waals surface area contributed by atoms with Crippen molar-refractivity contribution in [2.24, 2.45) is 0 Å². The number of ether oxygens (including phenoxy) is 1. The molecule has 1 aliphatic rings. The molecule has 1 heterocycles. The molecule has 2 N–H and O–H groups in total. The molecule has 0 radical (unpaired) electrons.